The third-order valence-electron chi connectivity index (χ3n) is 1.97. The average Bonchev–Trinajstić information content (AvgIpc) is 2.12. The van der Waals surface area contributed by atoms with Gasteiger partial charge in [-0.05, 0) is 0 Å². The van der Waals surface area contributed by atoms with Crippen LogP contribution >= 0.6 is 0 Å². The van der Waals surface area contributed by atoms with Crippen molar-refractivity contribution in [2.45, 2.75) is 13.3 Å². The van der Waals surface area contributed by atoms with Crippen LogP contribution in [0.5, 0.6) is 0 Å². The van der Waals surface area contributed by atoms with Crippen LogP contribution in [-0.4, -0.2) is 52.6 Å². The van der Waals surface area contributed by atoms with Crippen molar-refractivity contribution >= 4 is 17.8 Å². The van der Waals surface area contributed by atoms with Crippen molar-refractivity contribution in [3.63, 3.8) is 0 Å². The molecule has 7 nitrogen and oxygen atoms in total. The van der Waals surface area contributed by atoms with Crippen LogP contribution in [0.25, 0.3) is 0 Å². The molecule has 4 N–H and O–H groups in total. The molecule has 0 spiro atoms. The van der Waals surface area contributed by atoms with Gasteiger partial charge in [-0.15, -0.1) is 0 Å². The number of amides is 1. The molecule has 0 aliphatic carbocycles. The van der Waals surface area contributed by atoms with Gasteiger partial charge in [0.15, 0.2) is 0 Å². The van der Waals surface area contributed by atoms with E-state index in [-0.39, 0.29) is 26.1 Å². The van der Waals surface area contributed by atoms with Gasteiger partial charge in [-0.3, -0.25) is 19.3 Å². The zero-order chi connectivity index (χ0) is 12.7. The highest BCUT2D eigenvalue weighted by molar-refractivity contribution is 5.76. The van der Waals surface area contributed by atoms with E-state index in [9.17, 15) is 14.4 Å². The number of carboxylic acid groups (broad SMARTS) is 2. The largest absolute Gasteiger partial charge is 0.481 e. The van der Waals surface area contributed by atoms with Gasteiger partial charge in [0, 0.05) is 13.1 Å². The lowest BCUT2D eigenvalue weighted by Crippen LogP contribution is -2.39. The van der Waals surface area contributed by atoms with Gasteiger partial charge in [-0.1, -0.05) is 6.92 Å². The van der Waals surface area contributed by atoms with Gasteiger partial charge in [0.1, 0.15) is 0 Å². The Bertz CT molecular complexity index is 279. The molecule has 16 heavy (non-hydrogen) atoms. The lowest BCUT2D eigenvalue weighted by Gasteiger charge is -2.21. The van der Waals surface area contributed by atoms with Crippen LogP contribution in [0.15, 0.2) is 0 Å². The summed E-state index contributed by atoms with van der Waals surface area (Å²) >= 11 is 0. The molecule has 0 aromatic heterocycles. The first kappa shape index (κ1) is 14.4. The molecule has 0 aliphatic rings. The van der Waals surface area contributed by atoms with Gasteiger partial charge >= 0.3 is 11.9 Å². The molecular weight excluding hydrogens is 216 g/mol. The number of aliphatic carboxylic acids is 2. The van der Waals surface area contributed by atoms with E-state index >= 15 is 0 Å². The van der Waals surface area contributed by atoms with Crippen LogP contribution in [0.1, 0.15) is 13.3 Å². The van der Waals surface area contributed by atoms with E-state index in [0.717, 1.165) is 0 Å². The van der Waals surface area contributed by atoms with Crippen molar-refractivity contribution in [2.75, 3.05) is 19.6 Å². The Kier molecular flexibility index (Phi) is 6.09. The average molecular weight is 232 g/mol. The molecule has 0 fully saturated rings. The van der Waals surface area contributed by atoms with E-state index in [2.05, 4.69) is 0 Å². The molecule has 0 rings (SSSR count). The van der Waals surface area contributed by atoms with Gasteiger partial charge in [-0.2, -0.15) is 0 Å². The van der Waals surface area contributed by atoms with Gasteiger partial charge in [-0.25, -0.2) is 0 Å². The Labute approximate surface area is 92.8 Å². The van der Waals surface area contributed by atoms with E-state index in [1.54, 1.807) is 0 Å². The zero-order valence-corrected chi connectivity index (χ0v) is 9.05. The Morgan fingerprint density at radius 1 is 1.31 bits per heavy atom. The van der Waals surface area contributed by atoms with E-state index in [1.807, 2.05) is 0 Å². The number of nitrogens with two attached hydrogens (primary N) is 1. The fourth-order valence-electron chi connectivity index (χ4n) is 1.17. The summed E-state index contributed by atoms with van der Waals surface area (Å²) in [6.07, 6.45) is -0.153. The second-order valence-electron chi connectivity index (χ2n) is 3.58. The fourth-order valence-corrected chi connectivity index (χ4v) is 1.17. The Balaban J connectivity index is 4.24. The second-order valence-corrected chi connectivity index (χ2v) is 3.58. The molecule has 0 saturated carbocycles. The maximum absolute atomic E-state index is 10.7. The number of hydrogen-bond acceptors (Lipinski definition) is 4. The number of rotatable bonds is 8. The van der Waals surface area contributed by atoms with Crippen molar-refractivity contribution in [2.24, 2.45) is 11.7 Å². The molecule has 0 aliphatic heterocycles. The lowest BCUT2D eigenvalue weighted by molar-refractivity contribution is -0.142. The molecule has 0 radical (unpaired) electrons. The molecule has 1 amide bonds. The van der Waals surface area contributed by atoms with Crippen LogP contribution in [0.3, 0.4) is 0 Å². The van der Waals surface area contributed by atoms with E-state index in [1.165, 1.54) is 11.8 Å². The molecule has 0 saturated heterocycles. The summed E-state index contributed by atoms with van der Waals surface area (Å²) in [5, 5.41) is 17.2. The maximum Gasteiger partial charge on any atom is 0.307 e. The Morgan fingerprint density at radius 3 is 2.25 bits per heavy atom. The molecule has 0 heterocycles. The number of nitrogens with zero attached hydrogens (tertiary/aromatic N) is 1. The van der Waals surface area contributed by atoms with Crippen molar-refractivity contribution in [3.8, 4) is 0 Å². The summed E-state index contributed by atoms with van der Waals surface area (Å²) in [5.74, 6) is -3.28. The highest BCUT2D eigenvalue weighted by Crippen LogP contribution is 2.01. The normalized spacial score (nSPS) is 12.4. The third-order valence-corrected chi connectivity index (χ3v) is 1.97. The smallest absolute Gasteiger partial charge is 0.307 e. The topological polar surface area (TPSA) is 121 Å². The van der Waals surface area contributed by atoms with E-state index in [0.29, 0.717) is 0 Å². The number of carboxylic acids is 2. The van der Waals surface area contributed by atoms with Crippen LogP contribution in [0, 0.1) is 5.92 Å². The lowest BCUT2D eigenvalue weighted by atomic mass is 10.1. The fraction of sp³-hybridized carbons (Fsp3) is 0.667. The highest BCUT2D eigenvalue weighted by Gasteiger charge is 2.18. The summed E-state index contributed by atoms with van der Waals surface area (Å²) in [6, 6.07) is 0. The molecule has 1 unspecified atom stereocenters. The molecule has 1 atom stereocenters. The summed E-state index contributed by atoms with van der Waals surface area (Å²) in [4.78, 5) is 33.1. The van der Waals surface area contributed by atoms with E-state index in [4.69, 9.17) is 15.9 Å². The van der Waals surface area contributed by atoms with Gasteiger partial charge < -0.3 is 15.9 Å². The van der Waals surface area contributed by atoms with Crippen LogP contribution < -0.4 is 5.73 Å². The molecule has 7 heteroatoms. The molecule has 0 bridgehead atoms. The molecular formula is C9H16N2O5. The van der Waals surface area contributed by atoms with Crippen molar-refractivity contribution in [3.05, 3.63) is 0 Å². The van der Waals surface area contributed by atoms with Gasteiger partial charge in [0.25, 0.3) is 0 Å². The first-order valence-electron chi connectivity index (χ1n) is 4.78. The number of hydrogen-bond donors (Lipinski definition) is 3. The predicted octanol–water partition coefficient (Wildman–Crippen LogP) is -1.03. The quantitative estimate of drug-likeness (QED) is 0.492. The number of carbonyl (C=O) groups is 3. The second kappa shape index (κ2) is 6.78. The highest BCUT2D eigenvalue weighted by atomic mass is 16.4. The van der Waals surface area contributed by atoms with Crippen molar-refractivity contribution < 1.29 is 24.6 Å². The minimum atomic E-state index is -1.00. The number of primary amides is 1. The Hall–Kier alpha value is -1.63. The maximum atomic E-state index is 10.7. The van der Waals surface area contributed by atoms with E-state index < -0.39 is 23.8 Å². The summed E-state index contributed by atoms with van der Waals surface area (Å²) in [6.45, 7) is 1.56. The monoisotopic (exact) mass is 232 g/mol. The Morgan fingerprint density at radius 2 is 1.88 bits per heavy atom. The first-order chi connectivity index (χ1) is 7.32. The summed E-state index contributed by atoms with van der Waals surface area (Å²) in [7, 11) is 0. The zero-order valence-electron chi connectivity index (χ0n) is 9.05. The molecule has 0 aromatic carbocycles. The summed E-state index contributed by atoms with van der Waals surface area (Å²) in [5.41, 5.74) is 4.98. The first-order valence-corrected chi connectivity index (χ1v) is 4.78. The molecule has 0 aromatic rings. The minimum Gasteiger partial charge on any atom is -0.481 e. The minimum absolute atomic E-state index is 0.103. The van der Waals surface area contributed by atoms with Crippen LogP contribution in [0.4, 0.5) is 0 Å². The number of carbonyl (C=O) groups excluding carboxylic acids is 1. The third kappa shape index (κ3) is 6.77. The standard InChI is InChI=1S/C9H16N2O5/c1-6(9(15)16)4-11(5-7(10)12)3-2-8(13)14/h6H,2-5H2,1H3,(H2,10,12)(H,13,14)(H,15,16). The van der Waals surface area contributed by atoms with Gasteiger partial charge in [0.2, 0.25) is 5.91 Å². The van der Waals surface area contributed by atoms with Crippen LogP contribution in [0.2, 0.25) is 0 Å². The molecule has 92 valence electrons. The predicted molar refractivity (Wildman–Crippen MR) is 54.7 cm³/mol. The SMILES string of the molecule is CC(CN(CCC(=O)O)CC(N)=O)C(=O)O. The van der Waals surface area contributed by atoms with Gasteiger partial charge in [0.05, 0.1) is 18.9 Å². The van der Waals surface area contributed by atoms with Crippen molar-refractivity contribution in [1.82, 2.24) is 4.90 Å². The summed E-state index contributed by atoms with van der Waals surface area (Å²) < 4.78 is 0. The van der Waals surface area contributed by atoms with Crippen LogP contribution in [-0.2, 0) is 14.4 Å². The van der Waals surface area contributed by atoms with Crippen molar-refractivity contribution in [1.29, 1.82) is 0 Å².